The Balaban J connectivity index is 1.88. The first-order chi connectivity index (χ1) is 7.27. The van der Waals surface area contributed by atoms with Crippen molar-refractivity contribution in [3.8, 4) is 0 Å². The number of rotatable bonds is 2. The van der Waals surface area contributed by atoms with Crippen LogP contribution in [0.4, 0.5) is 0 Å². The minimum atomic E-state index is 0.0480. The predicted molar refractivity (Wildman–Crippen MR) is 57.8 cm³/mol. The van der Waals surface area contributed by atoms with Crippen molar-refractivity contribution >= 4 is 5.78 Å². The van der Waals surface area contributed by atoms with E-state index in [-0.39, 0.29) is 12.0 Å². The molecule has 4 nitrogen and oxygen atoms in total. The molecule has 1 N–H and O–H groups in total. The van der Waals surface area contributed by atoms with Crippen LogP contribution in [0.15, 0.2) is 0 Å². The maximum atomic E-state index is 12.2. The Hall–Kier alpha value is -0.450. The van der Waals surface area contributed by atoms with E-state index in [1.807, 2.05) is 0 Å². The molecule has 2 aliphatic heterocycles. The van der Waals surface area contributed by atoms with Crippen molar-refractivity contribution < 1.29 is 9.53 Å². The van der Waals surface area contributed by atoms with Gasteiger partial charge in [0.15, 0.2) is 5.78 Å². The van der Waals surface area contributed by atoms with Gasteiger partial charge < -0.3 is 15.0 Å². The molecule has 2 saturated heterocycles. The van der Waals surface area contributed by atoms with E-state index in [1.165, 1.54) is 0 Å². The first-order valence-electron chi connectivity index (χ1n) is 5.81. The molecule has 2 aliphatic rings. The fraction of sp³-hybridized carbons (Fsp3) is 0.909. The molecule has 0 aromatic heterocycles. The van der Waals surface area contributed by atoms with Crippen LogP contribution >= 0.6 is 0 Å². The van der Waals surface area contributed by atoms with Gasteiger partial charge in [-0.25, -0.2) is 0 Å². The summed E-state index contributed by atoms with van der Waals surface area (Å²) in [5.41, 5.74) is 0. The zero-order valence-electron chi connectivity index (χ0n) is 9.37. The number of hydrogen-bond acceptors (Lipinski definition) is 4. The lowest BCUT2D eigenvalue weighted by molar-refractivity contribution is -0.128. The molecule has 0 radical (unpaired) electrons. The van der Waals surface area contributed by atoms with Gasteiger partial charge in [0.2, 0.25) is 0 Å². The summed E-state index contributed by atoms with van der Waals surface area (Å²) in [6.45, 7) is 4.32. The van der Waals surface area contributed by atoms with Crippen LogP contribution < -0.4 is 5.32 Å². The molecule has 0 spiro atoms. The summed E-state index contributed by atoms with van der Waals surface area (Å²) in [7, 11) is 2.07. The average Bonchev–Trinajstić information content (AvgIpc) is 2.29. The third-order valence-electron chi connectivity index (χ3n) is 3.35. The lowest BCUT2D eigenvalue weighted by Gasteiger charge is -2.33. The summed E-state index contributed by atoms with van der Waals surface area (Å²) in [4.78, 5) is 14.4. The van der Waals surface area contributed by atoms with E-state index >= 15 is 0 Å². The van der Waals surface area contributed by atoms with Gasteiger partial charge in [-0.2, -0.15) is 0 Å². The number of ether oxygens (including phenoxy) is 1. The van der Waals surface area contributed by atoms with E-state index in [2.05, 4.69) is 17.3 Å². The second-order valence-corrected chi connectivity index (χ2v) is 4.56. The molecule has 1 unspecified atom stereocenters. The Morgan fingerprint density at radius 2 is 2.13 bits per heavy atom. The van der Waals surface area contributed by atoms with Crippen molar-refractivity contribution in [2.75, 3.05) is 39.9 Å². The van der Waals surface area contributed by atoms with Gasteiger partial charge in [-0.3, -0.25) is 4.79 Å². The summed E-state index contributed by atoms with van der Waals surface area (Å²) in [6.07, 6.45) is 1.81. The molecule has 2 heterocycles. The highest BCUT2D eigenvalue weighted by Crippen LogP contribution is 2.18. The SMILES string of the molecule is CN1CCNC(C(=O)C2CCOCC2)C1. The highest BCUT2D eigenvalue weighted by molar-refractivity contribution is 5.86. The number of ketones is 1. The van der Waals surface area contributed by atoms with Crippen molar-refractivity contribution in [3.05, 3.63) is 0 Å². The molecule has 0 aliphatic carbocycles. The standard InChI is InChI=1S/C11H20N2O2/c1-13-5-4-12-10(8-13)11(14)9-2-6-15-7-3-9/h9-10,12H,2-8H2,1H3. The van der Waals surface area contributed by atoms with Crippen LogP contribution in [0.3, 0.4) is 0 Å². The van der Waals surface area contributed by atoms with Gasteiger partial charge in [-0.15, -0.1) is 0 Å². The molecular formula is C11H20N2O2. The van der Waals surface area contributed by atoms with E-state index in [0.717, 1.165) is 45.7 Å². The number of Topliss-reactive ketones (excluding diaryl/α,β-unsaturated/α-hetero) is 1. The lowest BCUT2D eigenvalue weighted by Crippen LogP contribution is -2.54. The molecule has 0 saturated carbocycles. The lowest BCUT2D eigenvalue weighted by atomic mass is 9.90. The summed E-state index contributed by atoms with van der Waals surface area (Å²) < 4.78 is 5.28. The van der Waals surface area contributed by atoms with Crippen molar-refractivity contribution in [2.24, 2.45) is 5.92 Å². The van der Waals surface area contributed by atoms with Gasteiger partial charge in [-0.05, 0) is 19.9 Å². The first-order valence-corrected chi connectivity index (χ1v) is 5.81. The van der Waals surface area contributed by atoms with Gasteiger partial charge in [-0.1, -0.05) is 0 Å². The van der Waals surface area contributed by atoms with Crippen molar-refractivity contribution in [1.82, 2.24) is 10.2 Å². The number of hydrogen-bond donors (Lipinski definition) is 1. The summed E-state index contributed by atoms with van der Waals surface area (Å²) in [5, 5.41) is 3.31. The monoisotopic (exact) mass is 212 g/mol. The number of nitrogens with zero attached hydrogens (tertiary/aromatic N) is 1. The van der Waals surface area contributed by atoms with Gasteiger partial charge in [0, 0.05) is 38.8 Å². The molecule has 0 amide bonds. The zero-order chi connectivity index (χ0) is 10.7. The number of likely N-dealkylation sites (N-methyl/N-ethyl adjacent to an activating group) is 1. The van der Waals surface area contributed by atoms with Crippen molar-refractivity contribution in [2.45, 2.75) is 18.9 Å². The quantitative estimate of drug-likeness (QED) is 0.693. The molecule has 0 aromatic rings. The summed E-state index contributed by atoms with van der Waals surface area (Å²) >= 11 is 0. The van der Waals surface area contributed by atoms with E-state index < -0.39 is 0 Å². The van der Waals surface area contributed by atoms with Crippen molar-refractivity contribution in [1.29, 1.82) is 0 Å². The smallest absolute Gasteiger partial charge is 0.154 e. The Labute approximate surface area is 91.0 Å². The third kappa shape index (κ3) is 2.77. The molecule has 15 heavy (non-hydrogen) atoms. The van der Waals surface area contributed by atoms with Gasteiger partial charge in [0.1, 0.15) is 0 Å². The van der Waals surface area contributed by atoms with Crippen molar-refractivity contribution in [3.63, 3.8) is 0 Å². The molecule has 0 bridgehead atoms. The minimum absolute atomic E-state index is 0.0480. The van der Waals surface area contributed by atoms with Crippen LogP contribution in [-0.4, -0.2) is 56.6 Å². The molecule has 1 atom stereocenters. The summed E-state index contributed by atoms with van der Waals surface area (Å²) in [5.74, 6) is 0.618. The number of nitrogens with one attached hydrogen (secondary N) is 1. The van der Waals surface area contributed by atoms with Crippen LogP contribution in [0.1, 0.15) is 12.8 Å². The van der Waals surface area contributed by atoms with Crippen LogP contribution in [0.25, 0.3) is 0 Å². The molecule has 86 valence electrons. The number of carbonyl (C=O) groups excluding carboxylic acids is 1. The van der Waals surface area contributed by atoms with Crippen LogP contribution in [-0.2, 0) is 9.53 Å². The minimum Gasteiger partial charge on any atom is -0.381 e. The molecular weight excluding hydrogens is 192 g/mol. The Morgan fingerprint density at radius 3 is 2.80 bits per heavy atom. The van der Waals surface area contributed by atoms with E-state index in [9.17, 15) is 4.79 Å². The van der Waals surface area contributed by atoms with Crippen LogP contribution in [0.2, 0.25) is 0 Å². The number of piperazine rings is 1. The maximum Gasteiger partial charge on any atom is 0.154 e. The highest BCUT2D eigenvalue weighted by Gasteiger charge is 2.30. The fourth-order valence-electron chi connectivity index (χ4n) is 2.35. The largest absolute Gasteiger partial charge is 0.381 e. The van der Waals surface area contributed by atoms with Crippen LogP contribution in [0.5, 0.6) is 0 Å². The highest BCUT2D eigenvalue weighted by atomic mass is 16.5. The summed E-state index contributed by atoms with van der Waals surface area (Å²) in [6, 6.07) is 0.0480. The normalized spacial score (nSPS) is 30.3. The number of carbonyl (C=O) groups is 1. The Morgan fingerprint density at radius 1 is 1.40 bits per heavy atom. The predicted octanol–water partition coefficient (Wildman–Crippen LogP) is -0.114. The molecule has 0 aromatic carbocycles. The van der Waals surface area contributed by atoms with Gasteiger partial charge in [0.05, 0.1) is 6.04 Å². The van der Waals surface area contributed by atoms with Gasteiger partial charge >= 0.3 is 0 Å². The molecule has 4 heteroatoms. The van der Waals surface area contributed by atoms with Gasteiger partial charge in [0.25, 0.3) is 0 Å². The molecule has 2 rings (SSSR count). The third-order valence-corrected chi connectivity index (χ3v) is 3.35. The zero-order valence-corrected chi connectivity index (χ0v) is 9.37. The molecule has 2 fully saturated rings. The second-order valence-electron chi connectivity index (χ2n) is 4.56. The van der Waals surface area contributed by atoms with E-state index in [4.69, 9.17) is 4.74 Å². The maximum absolute atomic E-state index is 12.2. The first kappa shape index (κ1) is 11.0. The average molecular weight is 212 g/mol. The Kier molecular flexibility index (Phi) is 3.72. The fourth-order valence-corrected chi connectivity index (χ4v) is 2.35. The Bertz CT molecular complexity index is 227. The van der Waals surface area contributed by atoms with Crippen LogP contribution in [0, 0.1) is 5.92 Å². The topological polar surface area (TPSA) is 41.6 Å². The van der Waals surface area contributed by atoms with E-state index in [1.54, 1.807) is 0 Å². The second kappa shape index (κ2) is 5.05. The van der Waals surface area contributed by atoms with E-state index in [0.29, 0.717) is 5.78 Å².